The van der Waals surface area contributed by atoms with Gasteiger partial charge >= 0.3 is 0 Å². The third-order valence-corrected chi connectivity index (χ3v) is 12.6. The molecule has 1 heteroatoms. The summed E-state index contributed by atoms with van der Waals surface area (Å²) in [6, 6.07) is 70.3. The zero-order valence-electron chi connectivity index (χ0n) is 44.3. The molecule has 0 aliphatic heterocycles. The Morgan fingerprint density at radius 1 is 0.239 bits per heavy atom. The largest absolute Gasteiger partial charge is 0.311 e. The van der Waals surface area contributed by atoms with Gasteiger partial charge in [0.05, 0.1) is 11.0 Å². The molecule has 0 bridgehead atoms. The molecule has 0 atom stereocenters. The second-order valence-corrected chi connectivity index (χ2v) is 16.6. The van der Waals surface area contributed by atoms with Crippen LogP contribution in [0, 0.1) is 0 Å². The van der Waals surface area contributed by atoms with Crippen LogP contribution >= 0.6 is 0 Å². The average Bonchev–Trinajstić information content (AvgIpc) is 3.46. The Hall–Kier alpha value is -8.78. The molecule has 12 rings (SSSR count). The maximum absolute atomic E-state index is 9.85. The number of hydrogen-bond acceptors (Lipinski definition) is 1. The fourth-order valence-electron chi connectivity index (χ4n) is 9.31. The first-order chi connectivity index (χ1) is 36.6. The predicted octanol–water partition coefficient (Wildman–Crippen LogP) is 18.6. The Balaban J connectivity index is 1.06. The molecule has 0 unspecified atom stereocenters. The summed E-state index contributed by atoms with van der Waals surface area (Å²) in [5, 5.41) is 6.09. The van der Waals surface area contributed by atoms with E-state index in [1.165, 1.54) is 4.90 Å². The summed E-state index contributed by atoms with van der Waals surface area (Å²) >= 11 is 0. The average molecular weight is 860 g/mol. The second kappa shape index (κ2) is 17.3. The van der Waals surface area contributed by atoms with E-state index in [2.05, 4.69) is 42.5 Å². The molecule has 0 aliphatic carbocycles. The van der Waals surface area contributed by atoms with Gasteiger partial charge in [0.25, 0.3) is 0 Å². The van der Waals surface area contributed by atoms with Crippen LogP contribution in [0.2, 0.25) is 0 Å². The Morgan fingerprint density at radius 2 is 0.672 bits per heavy atom. The monoisotopic (exact) mass is 859 g/mol. The number of fused-ring (bicyclic) bond motifs is 4. The van der Waals surface area contributed by atoms with Gasteiger partial charge in [0.2, 0.25) is 0 Å². The van der Waals surface area contributed by atoms with Crippen LogP contribution in [0.1, 0.15) is 11.0 Å². The van der Waals surface area contributed by atoms with Crippen molar-refractivity contribution in [1.29, 1.82) is 0 Å². The lowest BCUT2D eigenvalue weighted by Gasteiger charge is -2.26. The standard InChI is InChI=1S/C66H45N/c1-4-14-48(15-5-1)61-41-34-55(45-65(61)50-18-8-3-9-19-50)47-28-37-58(38-29-47)67(57-35-26-46(27-36-57)54-33-42-62-56(44-54)25-24-51-20-10-12-22-60(51)62)59-39-30-53(31-40-59)66-63-23-13-11-21-52(63)32-43-64(66)49-16-6-2-7-17-49/h1-45H/i26D,27D,28D,29D,35D,36D,37D,38D. The Kier molecular flexibility index (Phi) is 8.26. The summed E-state index contributed by atoms with van der Waals surface area (Å²) in [5.41, 5.74) is 8.64. The van der Waals surface area contributed by atoms with Crippen molar-refractivity contribution in [3.8, 4) is 66.8 Å². The smallest absolute Gasteiger partial charge is 0.0645 e. The van der Waals surface area contributed by atoms with Crippen molar-refractivity contribution in [2.24, 2.45) is 0 Å². The number of benzene rings is 12. The third-order valence-electron chi connectivity index (χ3n) is 12.6. The van der Waals surface area contributed by atoms with Crippen molar-refractivity contribution in [3.05, 3.63) is 273 Å². The molecule has 12 aromatic rings. The molecule has 314 valence electrons. The molecule has 0 N–H and O–H groups in total. The SMILES string of the molecule is [2H]c1c([2H])c(N(c2ccc(-c3c(-c4ccccc4)ccc4ccccc34)cc2)c2c([2H])c([2H])c(-c3ccc4c(ccc5ccccc54)c3)c([2H])c2[2H])c([2H])c([2H])c1-c1ccc(-c2ccccc2)c(-c2ccccc2)c1. The lowest BCUT2D eigenvalue weighted by Crippen LogP contribution is -2.09. The van der Waals surface area contributed by atoms with Crippen LogP contribution in [0.3, 0.4) is 0 Å². The van der Waals surface area contributed by atoms with Crippen molar-refractivity contribution in [1.82, 2.24) is 0 Å². The van der Waals surface area contributed by atoms with Crippen LogP contribution < -0.4 is 4.90 Å². The molecule has 67 heavy (non-hydrogen) atoms. The quantitative estimate of drug-likeness (QED) is 0.131. The van der Waals surface area contributed by atoms with Gasteiger partial charge in [-0.05, 0) is 148 Å². The summed E-state index contributed by atoms with van der Waals surface area (Å²) in [5.74, 6) is 0. The topological polar surface area (TPSA) is 3.24 Å². The van der Waals surface area contributed by atoms with Gasteiger partial charge in [-0.3, -0.25) is 0 Å². The molecule has 0 radical (unpaired) electrons. The Morgan fingerprint density at radius 3 is 1.30 bits per heavy atom. The molecule has 0 heterocycles. The minimum Gasteiger partial charge on any atom is -0.311 e. The molecule has 0 amide bonds. The Labute approximate surface area is 403 Å². The van der Waals surface area contributed by atoms with Crippen LogP contribution in [-0.4, -0.2) is 0 Å². The number of nitrogens with zero attached hydrogens (tertiary/aromatic N) is 1. The van der Waals surface area contributed by atoms with Crippen LogP contribution in [0.15, 0.2) is 273 Å². The normalized spacial score (nSPS) is 13.0. The van der Waals surface area contributed by atoms with E-state index in [-0.39, 0.29) is 46.7 Å². The van der Waals surface area contributed by atoms with E-state index in [9.17, 15) is 11.0 Å². The van der Waals surface area contributed by atoms with E-state index in [0.717, 1.165) is 76.8 Å². The van der Waals surface area contributed by atoms with E-state index in [1.54, 1.807) is 12.1 Å². The highest BCUT2D eigenvalue weighted by Gasteiger charge is 2.17. The minimum absolute atomic E-state index is 0.0872. The molecule has 0 saturated carbocycles. The molecule has 0 aromatic heterocycles. The van der Waals surface area contributed by atoms with Crippen LogP contribution in [0.25, 0.3) is 99.1 Å². The predicted molar refractivity (Wildman–Crippen MR) is 286 cm³/mol. The van der Waals surface area contributed by atoms with E-state index in [1.807, 2.05) is 170 Å². The van der Waals surface area contributed by atoms with Gasteiger partial charge in [-0.2, -0.15) is 0 Å². The second-order valence-electron chi connectivity index (χ2n) is 16.6. The fourth-order valence-corrected chi connectivity index (χ4v) is 9.31. The van der Waals surface area contributed by atoms with Gasteiger partial charge in [0.1, 0.15) is 0 Å². The molecular formula is C66H45N. The molecular weight excluding hydrogens is 807 g/mol. The van der Waals surface area contributed by atoms with Crippen LogP contribution in [-0.2, 0) is 0 Å². The van der Waals surface area contributed by atoms with Crippen molar-refractivity contribution < 1.29 is 11.0 Å². The third kappa shape index (κ3) is 7.63. The van der Waals surface area contributed by atoms with Gasteiger partial charge in [0.15, 0.2) is 0 Å². The summed E-state index contributed by atoms with van der Waals surface area (Å²) < 4.78 is 77.9. The summed E-state index contributed by atoms with van der Waals surface area (Å²) in [6.07, 6.45) is 0. The molecule has 0 fully saturated rings. The highest BCUT2D eigenvalue weighted by atomic mass is 15.1. The van der Waals surface area contributed by atoms with Gasteiger partial charge < -0.3 is 4.90 Å². The number of hydrogen-bond donors (Lipinski definition) is 0. The van der Waals surface area contributed by atoms with E-state index in [4.69, 9.17) is 0 Å². The van der Waals surface area contributed by atoms with E-state index >= 15 is 0 Å². The summed E-state index contributed by atoms with van der Waals surface area (Å²) in [4.78, 5) is 1.38. The van der Waals surface area contributed by atoms with Gasteiger partial charge in [-0.15, -0.1) is 0 Å². The van der Waals surface area contributed by atoms with Crippen molar-refractivity contribution in [2.45, 2.75) is 0 Å². The number of anilines is 3. The maximum Gasteiger partial charge on any atom is 0.0645 e. The Bertz CT molecular complexity index is 4140. The highest BCUT2D eigenvalue weighted by molar-refractivity contribution is 6.08. The molecule has 12 aromatic carbocycles. The lowest BCUT2D eigenvalue weighted by molar-refractivity contribution is 1.28. The van der Waals surface area contributed by atoms with Gasteiger partial charge in [-0.25, -0.2) is 0 Å². The first-order valence-electron chi connectivity index (χ1n) is 26.4. The van der Waals surface area contributed by atoms with Crippen LogP contribution in [0.4, 0.5) is 17.1 Å². The maximum atomic E-state index is 9.85. The van der Waals surface area contributed by atoms with Crippen molar-refractivity contribution >= 4 is 49.4 Å². The van der Waals surface area contributed by atoms with E-state index in [0.29, 0.717) is 16.8 Å². The first kappa shape index (κ1) is 32.0. The molecule has 0 spiro atoms. The van der Waals surface area contributed by atoms with Gasteiger partial charge in [-0.1, -0.05) is 224 Å². The highest BCUT2D eigenvalue weighted by Crippen LogP contribution is 2.43. The van der Waals surface area contributed by atoms with Crippen LogP contribution in [0.5, 0.6) is 0 Å². The lowest BCUT2D eigenvalue weighted by atomic mass is 9.89. The minimum atomic E-state index is -0.411. The summed E-state index contributed by atoms with van der Waals surface area (Å²) in [7, 11) is 0. The summed E-state index contributed by atoms with van der Waals surface area (Å²) in [6.45, 7) is 0. The van der Waals surface area contributed by atoms with Gasteiger partial charge in [0, 0.05) is 17.1 Å². The van der Waals surface area contributed by atoms with Crippen molar-refractivity contribution in [2.75, 3.05) is 4.90 Å². The molecule has 1 nitrogen and oxygen atoms in total. The zero-order valence-corrected chi connectivity index (χ0v) is 36.3. The molecule has 0 aliphatic rings. The first-order valence-corrected chi connectivity index (χ1v) is 22.4. The zero-order chi connectivity index (χ0) is 51.5. The molecule has 0 saturated heterocycles. The number of rotatable bonds is 9. The fraction of sp³-hybridized carbons (Fsp3) is 0. The van der Waals surface area contributed by atoms with E-state index < -0.39 is 24.2 Å². The van der Waals surface area contributed by atoms with Crippen molar-refractivity contribution in [3.63, 3.8) is 0 Å².